The lowest BCUT2D eigenvalue weighted by Crippen LogP contribution is -2.10. The maximum Gasteiger partial charge on any atom is 0.0490 e. The second kappa shape index (κ2) is 3.67. The minimum Gasteiger partial charge on any atom is -0.396 e. The Morgan fingerprint density at radius 1 is 1.43 bits per heavy atom. The van der Waals surface area contributed by atoms with Gasteiger partial charge >= 0.3 is 0 Å². The summed E-state index contributed by atoms with van der Waals surface area (Å²) in [5.41, 5.74) is 2.91. The van der Waals surface area contributed by atoms with Crippen LogP contribution >= 0.6 is 15.9 Å². The molecule has 0 aromatic heterocycles. The summed E-state index contributed by atoms with van der Waals surface area (Å²) >= 11 is 3.46. The maximum atomic E-state index is 9.25. The van der Waals surface area contributed by atoms with Crippen molar-refractivity contribution in [2.75, 3.05) is 6.61 Å². The van der Waals surface area contributed by atoms with E-state index in [1.165, 1.54) is 24.0 Å². The SMILES string of the molecule is Cc1cc(Br)ccc1CC1(CO)CC1. The lowest BCUT2D eigenvalue weighted by atomic mass is 9.94. The number of benzene rings is 1. The fourth-order valence-corrected chi connectivity index (χ4v) is 2.30. The maximum absolute atomic E-state index is 9.25. The molecule has 1 aliphatic rings. The summed E-state index contributed by atoms with van der Waals surface area (Å²) in [4.78, 5) is 0. The highest BCUT2D eigenvalue weighted by molar-refractivity contribution is 9.10. The third-order valence-corrected chi connectivity index (χ3v) is 3.66. The van der Waals surface area contributed by atoms with Crippen molar-refractivity contribution >= 4 is 15.9 Å². The van der Waals surface area contributed by atoms with Gasteiger partial charge in [0, 0.05) is 11.1 Å². The molecular formula is C12H15BrO. The van der Waals surface area contributed by atoms with Crippen LogP contribution in [0.1, 0.15) is 24.0 Å². The van der Waals surface area contributed by atoms with E-state index in [1.807, 2.05) is 0 Å². The molecule has 1 nitrogen and oxygen atoms in total. The van der Waals surface area contributed by atoms with Gasteiger partial charge < -0.3 is 5.11 Å². The topological polar surface area (TPSA) is 20.2 Å². The van der Waals surface area contributed by atoms with Crippen LogP contribution in [0, 0.1) is 12.3 Å². The Kier molecular flexibility index (Phi) is 2.67. The molecule has 0 aliphatic heterocycles. The van der Waals surface area contributed by atoms with Gasteiger partial charge in [0.05, 0.1) is 0 Å². The van der Waals surface area contributed by atoms with Crippen LogP contribution in [0.25, 0.3) is 0 Å². The Morgan fingerprint density at radius 3 is 2.64 bits per heavy atom. The van der Waals surface area contributed by atoms with Gasteiger partial charge in [0.1, 0.15) is 0 Å². The minimum atomic E-state index is 0.221. The molecule has 0 bridgehead atoms. The molecule has 0 heterocycles. The standard InChI is InChI=1S/C12H15BrO/c1-9-6-11(13)3-2-10(9)7-12(8-14)4-5-12/h2-3,6,14H,4-5,7-8H2,1H3. The Hall–Kier alpha value is -0.340. The van der Waals surface area contributed by atoms with E-state index < -0.39 is 0 Å². The molecule has 0 atom stereocenters. The molecule has 1 aliphatic carbocycles. The van der Waals surface area contributed by atoms with Crippen LogP contribution in [-0.2, 0) is 6.42 Å². The zero-order valence-corrected chi connectivity index (χ0v) is 9.97. The summed E-state index contributed by atoms with van der Waals surface area (Å²) in [6.07, 6.45) is 3.39. The third kappa shape index (κ3) is 2.01. The monoisotopic (exact) mass is 254 g/mol. The van der Waals surface area contributed by atoms with E-state index in [-0.39, 0.29) is 5.41 Å². The van der Waals surface area contributed by atoms with Crippen molar-refractivity contribution in [3.8, 4) is 0 Å². The Bertz CT molecular complexity index is 342. The first-order valence-electron chi connectivity index (χ1n) is 5.01. The lowest BCUT2D eigenvalue weighted by Gasteiger charge is -2.13. The number of hydrogen-bond donors (Lipinski definition) is 1. The van der Waals surface area contributed by atoms with Gasteiger partial charge in [-0.25, -0.2) is 0 Å². The van der Waals surface area contributed by atoms with Gasteiger partial charge in [-0.05, 0) is 54.9 Å². The summed E-state index contributed by atoms with van der Waals surface area (Å²) in [7, 11) is 0. The Balaban J connectivity index is 2.17. The second-order valence-electron chi connectivity index (χ2n) is 4.41. The molecule has 0 unspecified atom stereocenters. The van der Waals surface area contributed by atoms with Crippen LogP contribution in [0.15, 0.2) is 22.7 Å². The van der Waals surface area contributed by atoms with Crippen molar-refractivity contribution < 1.29 is 5.11 Å². The molecule has 1 N–H and O–H groups in total. The summed E-state index contributed by atoms with van der Waals surface area (Å²) in [5, 5.41) is 9.25. The van der Waals surface area contributed by atoms with E-state index in [2.05, 4.69) is 41.1 Å². The highest BCUT2D eigenvalue weighted by atomic mass is 79.9. The molecule has 0 amide bonds. The predicted molar refractivity (Wildman–Crippen MR) is 61.3 cm³/mol. The zero-order valence-electron chi connectivity index (χ0n) is 8.39. The van der Waals surface area contributed by atoms with Crippen LogP contribution in [0.5, 0.6) is 0 Å². The molecule has 1 saturated carbocycles. The predicted octanol–water partition coefficient (Wildman–Crippen LogP) is 3.07. The van der Waals surface area contributed by atoms with Gasteiger partial charge in [-0.3, -0.25) is 0 Å². The van der Waals surface area contributed by atoms with Crippen LogP contribution in [0.4, 0.5) is 0 Å². The fraction of sp³-hybridized carbons (Fsp3) is 0.500. The van der Waals surface area contributed by atoms with Crippen molar-refractivity contribution in [1.82, 2.24) is 0 Å². The van der Waals surface area contributed by atoms with E-state index in [9.17, 15) is 5.11 Å². The first-order valence-corrected chi connectivity index (χ1v) is 5.80. The number of hydrogen-bond acceptors (Lipinski definition) is 1. The molecular weight excluding hydrogens is 240 g/mol. The zero-order chi connectivity index (χ0) is 10.2. The molecule has 1 aromatic carbocycles. The van der Waals surface area contributed by atoms with Gasteiger partial charge in [-0.2, -0.15) is 0 Å². The average Bonchev–Trinajstić information content (AvgIpc) is 2.91. The molecule has 1 fully saturated rings. The normalized spacial score (nSPS) is 18.2. The Morgan fingerprint density at radius 2 is 2.14 bits per heavy atom. The molecule has 0 saturated heterocycles. The third-order valence-electron chi connectivity index (χ3n) is 3.16. The van der Waals surface area contributed by atoms with E-state index in [0.29, 0.717) is 6.61 Å². The van der Waals surface area contributed by atoms with Gasteiger partial charge in [0.25, 0.3) is 0 Å². The van der Waals surface area contributed by atoms with Crippen LogP contribution < -0.4 is 0 Å². The molecule has 1 aromatic rings. The van der Waals surface area contributed by atoms with E-state index >= 15 is 0 Å². The highest BCUT2D eigenvalue weighted by Gasteiger charge is 2.41. The largest absolute Gasteiger partial charge is 0.396 e. The van der Waals surface area contributed by atoms with Gasteiger partial charge in [-0.15, -0.1) is 0 Å². The second-order valence-corrected chi connectivity index (χ2v) is 5.32. The number of aryl methyl sites for hydroxylation is 1. The number of aliphatic hydroxyl groups excluding tert-OH is 1. The number of rotatable bonds is 3. The number of halogens is 1. The molecule has 0 radical (unpaired) electrons. The summed E-state index contributed by atoms with van der Waals surface area (Å²) < 4.78 is 1.13. The Labute approximate surface area is 93.3 Å². The van der Waals surface area contributed by atoms with Crippen LogP contribution in [0.3, 0.4) is 0 Å². The van der Waals surface area contributed by atoms with Crippen molar-refractivity contribution in [3.05, 3.63) is 33.8 Å². The summed E-state index contributed by atoms with van der Waals surface area (Å²) in [6, 6.07) is 6.38. The van der Waals surface area contributed by atoms with Gasteiger partial charge in [-0.1, -0.05) is 22.0 Å². The molecule has 2 heteroatoms. The van der Waals surface area contributed by atoms with Gasteiger partial charge in [0.2, 0.25) is 0 Å². The first kappa shape index (κ1) is 10.2. The van der Waals surface area contributed by atoms with E-state index in [1.54, 1.807) is 0 Å². The summed E-state index contributed by atoms with van der Waals surface area (Å²) in [6.45, 7) is 2.47. The molecule has 2 rings (SSSR count). The lowest BCUT2D eigenvalue weighted by molar-refractivity contribution is 0.211. The smallest absolute Gasteiger partial charge is 0.0490 e. The van der Waals surface area contributed by atoms with E-state index in [4.69, 9.17) is 0 Å². The first-order chi connectivity index (χ1) is 6.65. The molecule has 14 heavy (non-hydrogen) atoms. The van der Waals surface area contributed by atoms with Crippen LogP contribution in [-0.4, -0.2) is 11.7 Å². The molecule has 76 valence electrons. The van der Waals surface area contributed by atoms with Crippen molar-refractivity contribution in [2.45, 2.75) is 26.2 Å². The van der Waals surface area contributed by atoms with E-state index in [0.717, 1.165) is 10.9 Å². The van der Waals surface area contributed by atoms with Crippen molar-refractivity contribution in [1.29, 1.82) is 0 Å². The molecule has 0 spiro atoms. The summed E-state index contributed by atoms with van der Waals surface area (Å²) in [5.74, 6) is 0. The average molecular weight is 255 g/mol. The van der Waals surface area contributed by atoms with Crippen molar-refractivity contribution in [2.24, 2.45) is 5.41 Å². The van der Waals surface area contributed by atoms with Crippen molar-refractivity contribution in [3.63, 3.8) is 0 Å². The fourth-order valence-electron chi connectivity index (χ4n) is 1.83. The highest BCUT2D eigenvalue weighted by Crippen LogP contribution is 2.48. The number of aliphatic hydroxyl groups is 1. The van der Waals surface area contributed by atoms with Crippen LogP contribution in [0.2, 0.25) is 0 Å². The minimum absolute atomic E-state index is 0.221. The van der Waals surface area contributed by atoms with Gasteiger partial charge in [0.15, 0.2) is 0 Å². The quantitative estimate of drug-likeness (QED) is 0.880.